The van der Waals surface area contributed by atoms with Crippen molar-refractivity contribution >= 4 is 5.97 Å². The van der Waals surface area contributed by atoms with Crippen LogP contribution < -0.4 is 0 Å². The number of ether oxygens (including phenoxy) is 1. The van der Waals surface area contributed by atoms with Gasteiger partial charge >= 0.3 is 5.97 Å². The third kappa shape index (κ3) is 2.83. The minimum atomic E-state index is -0.270. The maximum absolute atomic E-state index is 12.7. The Hall–Kier alpha value is -1.38. The highest BCUT2D eigenvalue weighted by atomic mass is 19.1. The van der Waals surface area contributed by atoms with Gasteiger partial charge in [0.05, 0.1) is 0 Å². The van der Waals surface area contributed by atoms with E-state index >= 15 is 0 Å². The van der Waals surface area contributed by atoms with Gasteiger partial charge in [0.25, 0.3) is 0 Å². The van der Waals surface area contributed by atoms with Crippen molar-refractivity contribution in [3.05, 3.63) is 35.1 Å². The monoisotopic (exact) mass is 196 g/mol. The number of halogens is 1. The second-order valence-electron chi connectivity index (χ2n) is 3.09. The average Bonchev–Trinajstić information content (AvgIpc) is 2.16. The average molecular weight is 196 g/mol. The van der Waals surface area contributed by atoms with E-state index in [0.29, 0.717) is 6.42 Å². The Balaban J connectivity index is 2.63. The van der Waals surface area contributed by atoms with Crippen molar-refractivity contribution in [1.29, 1.82) is 0 Å². The summed E-state index contributed by atoms with van der Waals surface area (Å²) in [5.74, 6) is -0.512. The van der Waals surface area contributed by atoms with Crippen LogP contribution in [-0.4, -0.2) is 5.97 Å². The minimum Gasteiger partial charge on any atom is -0.461 e. The predicted molar refractivity (Wildman–Crippen MR) is 51.2 cm³/mol. The second kappa shape index (κ2) is 4.74. The fraction of sp³-hybridized carbons (Fsp3) is 0.364. The first-order valence-electron chi connectivity index (χ1n) is 4.54. The van der Waals surface area contributed by atoms with E-state index in [-0.39, 0.29) is 18.4 Å². The molecule has 0 radical (unpaired) electrons. The van der Waals surface area contributed by atoms with Gasteiger partial charge in [-0.3, -0.25) is 4.79 Å². The number of hydrogen-bond donors (Lipinski definition) is 0. The summed E-state index contributed by atoms with van der Waals surface area (Å²) in [4.78, 5) is 10.9. The lowest BCUT2D eigenvalue weighted by Crippen LogP contribution is -2.03. The second-order valence-corrected chi connectivity index (χ2v) is 3.09. The Morgan fingerprint density at radius 1 is 1.50 bits per heavy atom. The van der Waals surface area contributed by atoms with Gasteiger partial charge in [-0.05, 0) is 30.2 Å². The Morgan fingerprint density at radius 2 is 2.21 bits per heavy atom. The van der Waals surface area contributed by atoms with E-state index in [1.54, 1.807) is 19.9 Å². The quantitative estimate of drug-likeness (QED) is 0.694. The number of hydrogen-bond acceptors (Lipinski definition) is 2. The maximum Gasteiger partial charge on any atom is 0.305 e. The minimum absolute atomic E-state index is 0.221. The molecule has 76 valence electrons. The van der Waals surface area contributed by atoms with E-state index in [2.05, 4.69) is 0 Å². The number of benzene rings is 1. The van der Waals surface area contributed by atoms with Crippen molar-refractivity contribution in [2.24, 2.45) is 0 Å². The number of aryl methyl sites for hydroxylation is 1. The SMILES string of the molecule is CCC(=O)OCc1ccc(F)cc1C. The van der Waals surface area contributed by atoms with Crippen LogP contribution in [-0.2, 0) is 16.1 Å². The summed E-state index contributed by atoms with van der Waals surface area (Å²) in [6.45, 7) is 3.75. The van der Waals surface area contributed by atoms with Crippen molar-refractivity contribution in [1.82, 2.24) is 0 Å². The summed E-state index contributed by atoms with van der Waals surface area (Å²) >= 11 is 0. The zero-order valence-corrected chi connectivity index (χ0v) is 8.34. The highest BCUT2D eigenvalue weighted by molar-refractivity contribution is 5.68. The molecule has 0 unspecified atom stereocenters. The highest BCUT2D eigenvalue weighted by Gasteiger charge is 2.03. The van der Waals surface area contributed by atoms with Crippen LogP contribution in [0.2, 0.25) is 0 Å². The first-order chi connectivity index (χ1) is 6.63. The predicted octanol–water partition coefficient (Wildman–Crippen LogP) is 2.59. The molecule has 1 aromatic carbocycles. The highest BCUT2D eigenvalue weighted by Crippen LogP contribution is 2.11. The van der Waals surface area contributed by atoms with Crippen LogP contribution in [0.25, 0.3) is 0 Å². The summed E-state index contributed by atoms with van der Waals surface area (Å²) < 4.78 is 17.6. The normalized spacial score (nSPS) is 9.93. The van der Waals surface area contributed by atoms with Crippen molar-refractivity contribution in [3.63, 3.8) is 0 Å². The third-order valence-electron chi connectivity index (χ3n) is 1.98. The first-order valence-corrected chi connectivity index (χ1v) is 4.54. The Kier molecular flexibility index (Phi) is 3.63. The zero-order chi connectivity index (χ0) is 10.6. The van der Waals surface area contributed by atoms with Crippen LogP contribution in [0.4, 0.5) is 4.39 Å². The smallest absolute Gasteiger partial charge is 0.305 e. The van der Waals surface area contributed by atoms with Gasteiger partial charge in [0, 0.05) is 6.42 Å². The molecule has 0 fully saturated rings. The number of carbonyl (C=O) groups is 1. The lowest BCUT2D eigenvalue weighted by atomic mass is 10.1. The molecule has 0 aromatic heterocycles. The van der Waals surface area contributed by atoms with E-state index in [9.17, 15) is 9.18 Å². The lowest BCUT2D eigenvalue weighted by molar-refractivity contribution is -0.144. The molecule has 0 bridgehead atoms. The molecule has 3 heteroatoms. The van der Waals surface area contributed by atoms with E-state index < -0.39 is 0 Å². The summed E-state index contributed by atoms with van der Waals surface area (Å²) in [5, 5.41) is 0. The lowest BCUT2D eigenvalue weighted by Gasteiger charge is -2.06. The fourth-order valence-electron chi connectivity index (χ4n) is 1.08. The van der Waals surface area contributed by atoms with Gasteiger partial charge < -0.3 is 4.74 Å². The molecule has 0 aliphatic heterocycles. The number of carbonyl (C=O) groups excluding carboxylic acids is 1. The molecule has 0 aliphatic carbocycles. The fourth-order valence-corrected chi connectivity index (χ4v) is 1.08. The van der Waals surface area contributed by atoms with Crippen molar-refractivity contribution < 1.29 is 13.9 Å². The van der Waals surface area contributed by atoms with E-state index in [0.717, 1.165) is 11.1 Å². The Labute approximate surface area is 82.7 Å². The van der Waals surface area contributed by atoms with Crippen LogP contribution in [0, 0.1) is 12.7 Å². The van der Waals surface area contributed by atoms with Gasteiger partial charge in [0.2, 0.25) is 0 Å². The molecule has 0 aliphatic rings. The summed E-state index contributed by atoms with van der Waals surface area (Å²) in [6, 6.07) is 4.42. The molecule has 0 amide bonds. The van der Waals surface area contributed by atoms with Gasteiger partial charge in [0.1, 0.15) is 12.4 Å². The number of rotatable bonds is 3. The van der Waals surface area contributed by atoms with Crippen molar-refractivity contribution in [3.8, 4) is 0 Å². The molecule has 0 saturated carbocycles. The van der Waals surface area contributed by atoms with Crippen molar-refractivity contribution in [2.45, 2.75) is 26.9 Å². The van der Waals surface area contributed by atoms with Gasteiger partial charge in [-0.15, -0.1) is 0 Å². The van der Waals surface area contributed by atoms with Crippen LogP contribution in [0.1, 0.15) is 24.5 Å². The Morgan fingerprint density at radius 3 is 2.79 bits per heavy atom. The van der Waals surface area contributed by atoms with Crippen LogP contribution in [0.15, 0.2) is 18.2 Å². The van der Waals surface area contributed by atoms with Crippen molar-refractivity contribution in [2.75, 3.05) is 0 Å². The topological polar surface area (TPSA) is 26.3 Å². The molecule has 0 heterocycles. The van der Waals surface area contributed by atoms with Gasteiger partial charge in [-0.2, -0.15) is 0 Å². The molecule has 1 rings (SSSR count). The molecule has 0 N–H and O–H groups in total. The molecule has 2 nitrogen and oxygen atoms in total. The van der Waals surface area contributed by atoms with Crippen LogP contribution in [0.3, 0.4) is 0 Å². The summed E-state index contributed by atoms with van der Waals surface area (Å²) in [5.41, 5.74) is 1.64. The standard InChI is InChI=1S/C11H13FO2/c1-3-11(13)14-7-9-4-5-10(12)6-8(9)2/h4-6H,3,7H2,1-2H3. The third-order valence-corrected chi connectivity index (χ3v) is 1.98. The first kappa shape index (κ1) is 10.7. The molecular weight excluding hydrogens is 183 g/mol. The molecule has 0 spiro atoms. The maximum atomic E-state index is 12.7. The van der Waals surface area contributed by atoms with Gasteiger partial charge in [-0.25, -0.2) is 4.39 Å². The van der Waals surface area contributed by atoms with E-state index in [4.69, 9.17) is 4.74 Å². The van der Waals surface area contributed by atoms with Crippen LogP contribution in [0.5, 0.6) is 0 Å². The molecule has 14 heavy (non-hydrogen) atoms. The largest absolute Gasteiger partial charge is 0.461 e. The van der Waals surface area contributed by atoms with E-state index in [1.165, 1.54) is 12.1 Å². The van der Waals surface area contributed by atoms with Crippen LogP contribution >= 0.6 is 0 Å². The summed E-state index contributed by atoms with van der Waals surface area (Å²) in [6.07, 6.45) is 0.361. The number of esters is 1. The summed E-state index contributed by atoms with van der Waals surface area (Å²) in [7, 11) is 0. The molecule has 0 saturated heterocycles. The van der Waals surface area contributed by atoms with E-state index in [1.807, 2.05) is 0 Å². The van der Waals surface area contributed by atoms with Gasteiger partial charge in [-0.1, -0.05) is 13.0 Å². The molecular formula is C11H13FO2. The Bertz CT molecular complexity index is 334. The zero-order valence-electron chi connectivity index (χ0n) is 8.34. The van der Waals surface area contributed by atoms with Gasteiger partial charge in [0.15, 0.2) is 0 Å². The molecule has 0 atom stereocenters. The molecule has 1 aromatic rings.